The number of nitrogens with one attached hydrogen (secondary N) is 1. The van der Waals surface area contributed by atoms with Crippen LogP contribution in [0.5, 0.6) is 0 Å². The molecule has 0 bridgehead atoms. The Morgan fingerprint density at radius 1 is 1.21 bits per heavy atom. The number of anilines is 2. The number of benzene rings is 2. The van der Waals surface area contributed by atoms with E-state index in [1.54, 1.807) is 18.2 Å². The molecule has 0 radical (unpaired) electrons. The standard InChI is InChI=1S/C14H13N3O2/c1-9(18)16-11-4-2-3-10(7-11)13-6-5-12(17-19)8-14(13)15/h2-8H,15H2,1H3,(H,16,18). The summed E-state index contributed by atoms with van der Waals surface area (Å²) < 4.78 is 0. The van der Waals surface area contributed by atoms with Crippen LogP contribution in [0.2, 0.25) is 0 Å². The minimum atomic E-state index is -0.134. The van der Waals surface area contributed by atoms with Gasteiger partial charge >= 0.3 is 0 Å². The molecule has 0 heterocycles. The van der Waals surface area contributed by atoms with E-state index in [1.165, 1.54) is 13.0 Å². The summed E-state index contributed by atoms with van der Waals surface area (Å²) in [6.07, 6.45) is 0. The second-order valence-electron chi connectivity index (χ2n) is 4.12. The van der Waals surface area contributed by atoms with Crippen molar-refractivity contribution in [1.82, 2.24) is 0 Å². The van der Waals surface area contributed by atoms with Gasteiger partial charge in [0.2, 0.25) is 5.91 Å². The van der Waals surface area contributed by atoms with Crippen molar-refractivity contribution in [2.75, 3.05) is 11.1 Å². The second-order valence-corrected chi connectivity index (χ2v) is 4.12. The number of nitroso groups, excluding NO2 is 1. The van der Waals surface area contributed by atoms with Gasteiger partial charge in [0.1, 0.15) is 5.69 Å². The fourth-order valence-corrected chi connectivity index (χ4v) is 1.84. The Hall–Kier alpha value is -2.69. The van der Waals surface area contributed by atoms with Gasteiger partial charge in [-0.15, -0.1) is 4.91 Å². The maximum atomic E-state index is 11.0. The SMILES string of the molecule is CC(=O)Nc1cccc(-c2ccc(N=O)cc2N)c1. The lowest BCUT2D eigenvalue weighted by atomic mass is 10.0. The van der Waals surface area contributed by atoms with E-state index in [-0.39, 0.29) is 5.91 Å². The average Bonchev–Trinajstić information content (AvgIpc) is 2.38. The molecule has 19 heavy (non-hydrogen) atoms. The average molecular weight is 255 g/mol. The molecule has 2 rings (SSSR count). The summed E-state index contributed by atoms with van der Waals surface area (Å²) in [6, 6.07) is 12.2. The maximum Gasteiger partial charge on any atom is 0.221 e. The number of nitrogens with two attached hydrogens (primary N) is 1. The van der Waals surface area contributed by atoms with Crippen molar-refractivity contribution in [3.8, 4) is 11.1 Å². The smallest absolute Gasteiger partial charge is 0.221 e. The zero-order valence-electron chi connectivity index (χ0n) is 10.4. The number of amides is 1. The number of rotatable bonds is 3. The van der Waals surface area contributed by atoms with Crippen molar-refractivity contribution in [1.29, 1.82) is 0 Å². The van der Waals surface area contributed by atoms with Crippen molar-refractivity contribution >= 4 is 23.0 Å². The summed E-state index contributed by atoms with van der Waals surface area (Å²) >= 11 is 0. The van der Waals surface area contributed by atoms with E-state index in [0.29, 0.717) is 17.1 Å². The third-order valence-corrected chi connectivity index (χ3v) is 2.63. The van der Waals surface area contributed by atoms with Gasteiger partial charge in [0.05, 0.1) is 0 Å². The maximum absolute atomic E-state index is 11.0. The molecule has 2 aromatic carbocycles. The van der Waals surface area contributed by atoms with Gasteiger partial charge in [0.15, 0.2) is 0 Å². The predicted molar refractivity (Wildman–Crippen MR) is 76.0 cm³/mol. The Morgan fingerprint density at radius 2 is 2.00 bits per heavy atom. The monoisotopic (exact) mass is 255 g/mol. The molecule has 0 saturated carbocycles. The Morgan fingerprint density at radius 3 is 2.63 bits per heavy atom. The van der Waals surface area contributed by atoms with E-state index in [1.807, 2.05) is 18.2 Å². The molecule has 3 N–H and O–H groups in total. The van der Waals surface area contributed by atoms with Gasteiger partial charge in [-0.1, -0.05) is 18.2 Å². The number of carbonyl (C=O) groups is 1. The number of hydrogen-bond donors (Lipinski definition) is 2. The zero-order chi connectivity index (χ0) is 13.8. The molecule has 2 aromatic rings. The van der Waals surface area contributed by atoms with Crippen LogP contribution in [0.15, 0.2) is 47.6 Å². The number of hydrogen-bond acceptors (Lipinski definition) is 4. The first-order chi connectivity index (χ1) is 9.10. The molecule has 0 fully saturated rings. The molecule has 96 valence electrons. The highest BCUT2D eigenvalue weighted by Crippen LogP contribution is 2.30. The van der Waals surface area contributed by atoms with Crippen LogP contribution in [0.4, 0.5) is 17.1 Å². The minimum absolute atomic E-state index is 0.134. The van der Waals surface area contributed by atoms with Gasteiger partial charge in [0, 0.05) is 23.9 Å². The van der Waals surface area contributed by atoms with Crippen LogP contribution in [-0.2, 0) is 4.79 Å². The lowest BCUT2D eigenvalue weighted by Crippen LogP contribution is -2.05. The van der Waals surface area contributed by atoms with Crippen LogP contribution in [0.1, 0.15) is 6.92 Å². The van der Waals surface area contributed by atoms with Gasteiger partial charge in [-0.25, -0.2) is 0 Å². The summed E-state index contributed by atoms with van der Waals surface area (Å²) in [4.78, 5) is 21.5. The topological polar surface area (TPSA) is 84.5 Å². The van der Waals surface area contributed by atoms with Gasteiger partial charge < -0.3 is 11.1 Å². The highest BCUT2D eigenvalue weighted by molar-refractivity contribution is 5.90. The molecule has 1 amide bonds. The summed E-state index contributed by atoms with van der Waals surface area (Å²) in [5.74, 6) is -0.134. The highest BCUT2D eigenvalue weighted by atomic mass is 16.3. The van der Waals surface area contributed by atoms with Crippen molar-refractivity contribution in [2.45, 2.75) is 6.92 Å². The zero-order valence-corrected chi connectivity index (χ0v) is 10.4. The molecule has 5 nitrogen and oxygen atoms in total. The lowest BCUT2D eigenvalue weighted by Gasteiger charge is -2.08. The largest absolute Gasteiger partial charge is 0.398 e. The number of nitrogens with zero attached hydrogens (tertiary/aromatic N) is 1. The van der Waals surface area contributed by atoms with E-state index in [0.717, 1.165) is 11.1 Å². The second kappa shape index (κ2) is 5.30. The van der Waals surface area contributed by atoms with E-state index >= 15 is 0 Å². The first kappa shape index (κ1) is 12.8. The molecule has 0 unspecified atom stereocenters. The Balaban J connectivity index is 2.41. The number of carbonyl (C=O) groups excluding carboxylic acids is 1. The molecule has 0 aliphatic heterocycles. The fourth-order valence-electron chi connectivity index (χ4n) is 1.84. The lowest BCUT2D eigenvalue weighted by molar-refractivity contribution is -0.114. The van der Waals surface area contributed by atoms with E-state index < -0.39 is 0 Å². The van der Waals surface area contributed by atoms with Gasteiger partial charge in [-0.3, -0.25) is 4.79 Å². The molecule has 0 spiro atoms. The van der Waals surface area contributed by atoms with Crippen LogP contribution in [0.3, 0.4) is 0 Å². The molecule has 5 heteroatoms. The van der Waals surface area contributed by atoms with Gasteiger partial charge in [-0.05, 0) is 35.0 Å². The quantitative estimate of drug-likeness (QED) is 0.651. The first-order valence-electron chi connectivity index (χ1n) is 5.71. The number of nitrogen functional groups attached to an aromatic ring is 1. The van der Waals surface area contributed by atoms with Crippen LogP contribution in [0.25, 0.3) is 11.1 Å². The van der Waals surface area contributed by atoms with Crippen LogP contribution in [-0.4, -0.2) is 5.91 Å². The first-order valence-corrected chi connectivity index (χ1v) is 5.71. The van der Waals surface area contributed by atoms with Crippen LogP contribution >= 0.6 is 0 Å². The van der Waals surface area contributed by atoms with Crippen LogP contribution in [0, 0.1) is 4.91 Å². The summed E-state index contributed by atoms with van der Waals surface area (Å²) in [5.41, 5.74) is 9.00. The molecule has 0 saturated heterocycles. The van der Waals surface area contributed by atoms with Crippen molar-refractivity contribution in [3.05, 3.63) is 47.4 Å². The van der Waals surface area contributed by atoms with Crippen molar-refractivity contribution < 1.29 is 4.79 Å². The molecular formula is C14H13N3O2. The molecule has 0 aliphatic rings. The van der Waals surface area contributed by atoms with E-state index in [9.17, 15) is 9.70 Å². The molecule has 0 aliphatic carbocycles. The van der Waals surface area contributed by atoms with E-state index in [2.05, 4.69) is 10.5 Å². The Kier molecular flexibility index (Phi) is 3.56. The summed E-state index contributed by atoms with van der Waals surface area (Å²) in [5, 5.41) is 5.54. The van der Waals surface area contributed by atoms with Gasteiger partial charge in [-0.2, -0.15) is 0 Å². The van der Waals surface area contributed by atoms with Crippen LogP contribution < -0.4 is 11.1 Å². The molecule has 0 atom stereocenters. The van der Waals surface area contributed by atoms with Gasteiger partial charge in [0.25, 0.3) is 0 Å². The summed E-state index contributed by atoms with van der Waals surface area (Å²) in [6.45, 7) is 1.45. The Bertz CT molecular complexity index is 638. The third-order valence-electron chi connectivity index (χ3n) is 2.63. The minimum Gasteiger partial charge on any atom is -0.398 e. The molecular weight excluding hydrogens is 242 g/mol. The third kappa shape index (κ3) is 2.95. The molecule has 0 aromatic heterocycles. The normalized spacial score (nSPS) is 9.95. The predicted octanol–water partition coefficient (Wildman–Crippen LogP) is 3.29. The highest BCUT2D eigenvalue weighted by Gasteiger charge is 2.05. The Labute approximate surface area is 110 Å². The fraction of sp³-hybridized carbons (Fsp3) is 0.0714. The van der Waals surface area contributed by atoms with Crippen molar-refractivity contribution in [3.63, 3.8) is 0 Å². The van der Waals surface area contributed by atoms with Crippen molar-refractivity contribution in [2.24, 2.45) is 5.18 Å². The van der Waals surface area contributed by atoms with E-state index in [4.69, 9.17) is 5.73 Å². The summed E-state index contributed by atoms with van der Waals surface area (Å²) in [7, 11) is 0.